The molecule has 0 bridgehead atoms. The summed E-state index contributed by atoms with van der Waals surface area (Å²) in [6.45, 7) is 0.782. The van der Waals surface area contributed by atoms with Crippen molar-refractivity contribution in [2.24, 2.45) is 0 Å². The van der Waals surface area contributed by atoms with Gasteiger partial charge in [0.1, 0.15) is 6.04 Å². The molecule has 0 radical (unpaired) electrons. The molecule has 0 aromatic carbocycles. The van der Waals surface area contributed by atoms with E-state index in [1.807, 2.05) is 14.1 Å². The van der Waals surface area contributed by atoms with E-state index in [4.69, 9.17) is 5.11 Å². The third kappa shape index (κ3) is 4.13. The quantitative estimate of drug-likeness (QED) is 0.713. The molecule has 2 N–H and O–H groups in total. The van der Waals surface area contributed by atoms with Crippen molar-refractivity contribution in [1.29, 1.82) is 0 Å². The number of halogens is 2. The number of hydrogen-bond donors (Lipinski definition) is 2. The Balaban J connectivity index is 0. The molecule has 0 aliphatic carbocycles. The second-order valence-corrected chi connectivity index (χ2v) is 3.15. The Morgan fingerprint density at radius 2 is 2.00 bits per heavy atom. The van der Waals surface area contributed by atoms with E-state index in [2.05, 4.69) is 10.2 Å². The van der Waals surface area contributed by atoms with Crippen LogP contribution in [0.15, 0.2) is 0 Å². The summed E-state index contributed by atoms with van der Waals surface area (Å²) in [5, 5.41) is 11.6. The fourth-order valence-electron chi connectivity index (χ4n) is 1.30. The third-order valence-corrected chi connectivity index (χ3v) is 2.14. The molecule has 0 aromatic rings. The van der Waals surface area contributed by atoms with Gasteiger partial charge >= 0.3 is 5.97 Å². The molecule has 13 heavy (non-hydrogen) atoms. The standard InChI is InChI=1S/C7H14N2O2.2ClH/c1-9(2)5-3-6(7(10)11)8-4-5;;/h5-6,8H,3-4H2,1-2H3,(H,10,11);2*1H. The van der Waals surface area contributed by atoms with Gasteiger partial charge in [0.05, 0.1) is 0 Å². The summed E-state index contributed by atoms with van der Waals surface area (Å²) in [5.41, 5.74) is 0. The summed E-state index contributed by atoms with van der Waals surface area (Å²) in [6, 6.07) is 0.0264. The number of carbonyl (C=O) groups is 1. The molecule has 2 atom stereocenters. The predicted molar refractivity (Wildman–Crippen MR) is 56.0 cm³/mol. The van der Waals surface area contributed by atoms with E-state index < -0.39 is 5.97 Å². The zero-order chi connectivity index (χ0) is 8.43. The minimum Gasteiger partial charge on any atom is -0.480 e. The van der Waals surface area contributed by atoms with Crippen LogP contribution >= 0.6 is 24.8 Å². The van der Waals surface area contributed by atoms with E-state index in [9.17, 15) is 4.79 Å². The first-order valence-corrected chi connectivity index (χ1v) is 3.74. The molecule has 1 rings (SSSR count). The van der Waals surface area contributed by atoms with E-state index in [1.165, 1.54) is 0 Å². The molecule has 1 saturated heterocycles. The topological polar surface area (TPSA) is 52.6 Å². The molecule has 0 saturated carbocycles. The van der Waals surface area contributed by atoms with Crippen LogP contribution in [0, 0.1) is 0 Å². The van der Waals surface area contributed by atoms with Crippen molar-refractivity contribution in [3.63, 3.8) is 0 Å². The molecule has 0 amide bonds. The van der Waals surface area contributed by atoms with E-state index in [1.54, 1.807) is 0 Å². The van der Waals surface area contributed by atoms with Crippen molar-refractivity contribution < 1.29 is 9.90 Å². The summed E-state index contributed by atoms with van der Waals surface area (Å²) in [4.78, 5) is 12.5. The number of rotatable bonds is 2. The summed E-state index contributed by atoms with van der Waals surface area (Å²) in [7, 11) is 3.94. The van der Waals surface area contributed by atoms with Crippen molar-refractivity contribution in [3.05, 3.63) is 0 Å². The highest BCUT2D eigenvalue weighted by Crippen LogP contribution is 2.10. The molecule has 80 valence electrons. The number of likely N-dealkylation sites (N-methyl/N-ethyl adjacent to an activating group) is 1. The molecule has 2 unspecified atom stereocenters. The summed E-state index contributed by atoms with van der Waals surface area (Å²) in [5.74, 6) is -0.741. The van der Waals surface area contributed by atoms with Crippen molar-refractivity contribution in [2.45, 2.75) is 18.5 Å². The van der Waals surface area contributed by atoms with Gasteiger partial charge in [0, 0.05) is 12.6 Å². The zero-order valence-corrected chi connectivity index (χ0v) is 9.32. The van der Waals surface area contributed by atoms with Gasteiger partial charge in [-0.25, -0.2) is 0 Å². The summed E-state index contributed by atoms with van der Waals surface area (Å²) < 4.78 is 0. The summed E-state index contributed by atoms with van der Waals surface area (Å²) >= 11 is 0. The molecule has 1 aliphatic rings. The second-order valence-electron chi connectivity index (χ2n) is 3.15. The Morgan fingerprint density at radius 3 is 2.23 bits per heavy atom. The maximum Gasteiger partial charge on any atom is 0.320 e. The highest BCUT2D eigenvalue weighted by Gasteiger charge is 2.29. The Hall–Kier alpha value is -0.0300. The van der Waals surface area contributed by atoms with Crippen LogP contribution in [0.4, 0.5) is 0 Å². The first kappa shape index (κ1) is 15.4. The van der Waals surface area contributed by atoms with Gasteiger partial charge in [0.2, 0.25) is 0 Å². The number of nitrogens with zero attached hydrogens (tertiary/aromatic N) is 1. The minimum absolute atomic E-state index is 0. The number of carboxylic acids is 1. The normalized spacial score (nSPS) is 26.4. The maximum absolute atomic E-state index is 10.5. The van der Waals surface area contributed by atoms with Gasteiger partial charge in [0.15, 0.2) is 0 Å². The van der Waals surface area contributed by atoms with Crippen LogP contribution in [0.3, 0.4) is 0 Å². The third-order valence-electron chi connectivity index (χ3n) is 2.14. The largest absolute Gasteiger partial charge is 0.480 e. The first-order chi connectivity index (χ1) is 5.11. The number of aliphatic carboxylic acids is 1. The predicted octanol–water partition coefficient (Wildman–Crippen LogP) is 0.207. The number of nitrogens with one attached hydrogen (secondary N) is 1. The van der Waals surface area contributed by atoms with Crippen LogP contribution in [-0.2, 0) is 4.79 Å². The monoisotopic (exact) mass is 230 g/mol. The molecule has 4 nitrogen and oxygen atoms in total. The molecule has 1 aliphatic heterocycles. The van der Waals surface area contributed by atoms with Gasteiger partial charge in [-0.05, 0) is 20.5 Å². The van der Waals surface area contributed by atoms with Gasteiger partial charge < -0.3 is 15.3 Å². The van der Waals surface area contributed by atoms with Gasteiger partial charge in [-0.1, -0.05) is 0 Å². The lowest BCUT2D eigenvalue weighted by atomic mass is 10.1. The van der Waals surface area contributed by atoms with Crippen LogP contribution < -0.4 is 5.32 Å². The fraction of sp³-hybridized carbons (Fsp3) is 0.857. The molecule has 1 fully saturated rings. The SMILES string of the molecule is CN(C)C1CNC(C(=O)O)C1.Cl.Cl. The van der Waals surface area contributed by atoms with Gasteiger partial charge in [0.25, 0.3) is 0 Å². The number of carboxylic acid groups (broad SMARTS) is 1. The van der Waals surface area contributed by atoms with Gasteiger partial charge in [-0.2, -0.15) is 0 Å². The molecule has 0 spiro atoms. The lowest BCUT2D eigenvalue weighted by molar-refractivity contribution is -0.139. The lowest BCUT2D eigenvalue weighted by Gasteiger charge is -2.16. The van der Waals surface area contributed by atoms with E-state index in [0.29, 0.717) is 12.5 Å². The van der Waals surface area contributed by atoms with Crippen molar-refractivity contribution >= 4 is 30.8 Å². The van der Waals surface area contributed by atoms with E-state index in [-0.39, 0.29) is 30.9 Å². The van der Waals surface area contributed by atoms with Crippen LogP contribution in [0.5, 0.6) is 0 Å². The van der Waals surface area contributed by atoms with Crippen LogP contribution in [0.2, 0.25) is 0 Å². The molecular formula is C7H16Cl2N2O2. The molecule has 6 heteroatoms. The van der Waals surface area contributed by atoms with Crippen molar-refractivity contribution in [1.82, 2.24) is 10.2 Å². The zero-order valence-electron chi connectivity index (χ0n) is 7.69. The highest BCUT2D eigenvalue weighted by atomic mass is 35.5. The van der Waals surface area contributed by atoms with Gasteiger partial charge in [-0.15, -0.1) is 24.8 Å². The second kappa shape index (κ2) is 6.43. The fourth-order valence-corrected chi connectivity index (χ4v) is 1.30. The first-order valence-electron chi connectivity index (χ1n) is 3.74. The Kier molecular flexibility index (Phi) is 7.64. The number of hydrogen-bond acceptors (Lipinski definition) is 3. The Morgan fingerprint density at radius 1 is 1.46 bits per heavy atom. The van der Waals surface area contributed by atoms with Crippen molar-refractivity contribution in [3.8, 4) is 0 Å². The lowest BCUT2D eigenvalue weighted by Crippen LogP contribution is -2.30. The molecular weight excluding hydrogens is 215 g/mol. The molecule has 1 heterocycles. The summed E-state index contributed by atoms with van der Waals surface area (Å²) in [6.07, 6.45) is 0.711. The average molecular weight is 231 g/mol. The van der Waals surface area contributed by atoms with Crippen LogP contribution in [-0.4, -0.2) is 48.7 Å². The highest BCUT2D eigenvalue weighted by molar-refractivity contribution is 5.85. The Bertz CT molecular complexity index is 167. The van der Waals surface area contributed by atoms with E-state index in [0.717, 1.165) is 6.54 Å². The smallest absolute Gasteiger partial charge is 0.320 e. The Labute approximate surface area is 90.5 Å². The average Bonchev–Trinajstić information content (AvgIpc) is 2.33. The van der Waals surface area contributed by atoms with E-state index >= 15 is 0 Å². The van der Waals surface area contributed by atoms with Crippen LogP contribution in [0.1, 0.15) is 6.42 Å². The maximum atomic E-state index is 10.5. The van der Waals surface area contributed by atoms with Crippen molar-refractivity contribution in [2.75, 3.05) is 20.6 Å². The minimum atomic E-state index is -0.741. The molecule has 0 aromatic heterocycles. The van der Waals surface area contributed by atoms with Gasteiger partial charge in [-0.3, -0.25) is 4.79 Å². The van der Waals surface area contributed by atoms with Crippen LogP contribution in [0.25, 0.3) is 0 Å².